The molecule has 158 valence electrons. The van der Waals surface area contributed by atoms with E-state index in [9.17, 15) is 4.79 Å². The van der Waals surface area contributed by atoms with E-state index in [1.165, 1.54) is 0 Å². The zero-order chi connectivity index (χ0) is 21.4. The zero-order valence-electron chi connectivity index (χ0n) is 17.6. The summed E-state index contributed by atoms with van der Waals surface area (Å²) in [5, 5.41) is 4.24. The molecule has 4 heterocycles. The Hall–Kier alpha value is -3.68. The number of pyridine rings is 1. The van der Waals surface area contributed by atoms with Crippen molar-refractivity contribution in [2.24, 2.45) is 0 Å². The maximum atomic E-state index is 13.1. The normalized spacial score (nSPS) is 16.2. The van der Waals surface area contributed by atoms with E-state index in [1.807, 2.05) is 48.2 Å². The summed E-state index contributed by atoms with van der Waals surface area (Å²) in [5.41, 5.74) is 3.31. The number of hydrogen-bond donors (Lipinski definition) is 0. The first-order valence-corrected chi connectivity index (χ1v) is 10.5. The fraction of sp³-hybridized carbons (Fsp3) is 0.304. The summed E-state index contributed by atoms with van der Waals surface area (Å²) in [6, 6.07) is 13.6. The van der Waals surface area contributed by atoms with Crippen LogP contribution in [0.25, 0.3) is 22.6 Å². The van der Waals surface area contributed by atoms with Gasteiger partial charge in [0.25, 0.3) is 5.91 Å². The number of likely N-dealkylation sites (tertiary alicyclic amines) is 1. The molecule has 1 amide bonds. The lowest BCUT2D eigenvalue weighted by atomic mass is 10.2. The average molecular weight is 416 g/mol. The van der Waals surface area contributed by atoms with Gasteiger partial charge in [0.15, 0.2) is 5.65 Å². The Balaban J connectivity index is 1.50. The van der Waals surface area contributed by atoms with E-state index < -0.39 is 0 Å². The molecule has 0 saturated carbocycles. The van der Waals surface area contributed by atoms with Crippen LogP contribution < -0.4 is 4.74 Å². The molecule has 5 rings (SSSR count). The van der Waals surface area contributed by atoms with Gasteiger partial charge in [-0.1, -0.05) is 0 Å². The molecule has 4 aromatic rings. The van der Waals surface area contributed by atoms with Crippen LogP contribution in [-0.4, -0.2) is 55.3 Å². The Morgan fingerprint density at radius 3 is 2.77 bits per heavy atom. The van der Waals surface area contributed by atoms with E-state index in [4.69, 9.17) is 9.72 Å². The maximum absolute atomic E-state index is 13.1. The summed E-state index contributed by atoms with van der Waals surface area (Å²) < 4.78 is 9.22. The molecule has 1 aliphatic heterocycles. The first-order valence-electron chi connectivity index (χ1n) is 10.5. The molecule has 0 radical (unpaired) electrons. The second-order valence-electron chi connectivity index (χ2n) is 7.61. The van der Waals surface area contributed by atoms with Crippen LogP contribution in [0.3, 0.4) is 0 Å². The summed E-state index contributed by atoms with van der Waals surface area (Å²) in [6.45, 7) is 3.95. The van der Waals surface area contributed by atoms with Crippen LogP contribution in [0.4, 0.5) is 0 Å². The van der Waals surface area contributed by atoms with Gasteiger partial charge in [-0.3, -0.25) is 9.48 Å². The molecular weight excluding hydrogens is 392 g/mol. The largest absolute Gasteiger partial charge is 0.497 e. The minimum absolute atomic E-state index is 0.0187. The molecule has 3 aromatic heterocycles. The number of aryl methyl sites for hydroxylation is 1. The number of carbonyl (C=O) groups is 1. The quantitative estimate of drug-likeness (QED) is 0.498. The summed E-state index contributed by atoms with van der Waals surface area (Å²) >= 11 is 0. The van der Waals surface area contributed by atoms with Crippen molar-refractivity contribution in [3.63, 3.8) is 0 Å². The molecule has 8 heteroatoms. The zero-order valence-corrected chi connectivity index (χ0v) is 17.6. The minimum atomic E-state index is 0.0187. The Kier molecular flexibility index (Phi) is 4.89. The molecule has 1 fully saturated rings. The Morgan fingerprint density at radius 2 is 2.00 bits per heavy atom. The lowest BCUT2D eigenvalue weighted by Gasteiger charge is -2.19. The van der Waals surface area contributed by atoms with Gasteiger partial charge < -0.3 is 14.2 Å². The molecule has 8 nitrogen and oxygen atoms in total. The van der Waals surface area contributed by atoms with Crippen LogP contribution in [0.2, 0.25) is 0 Å². The van der Waals surface area contributed by atoms with Crippen LogP contribution in [0, 0.1) is 0 Å². The number of methoxy groups -OCH3 is 1. The molecule has 1 aliphatic rings. The summed E-state index contributed by atoms with van der Waals surface area (Å²) in [4.78, 5) is 24.5. The number of amides is 1. The Morgan fingerprint density at radius 1 is 1.16 bits per heavy atom. The minimum Gasteiger partial charge on any atom is -0.497 e. The molecule has 0 N–H and O–H groups in total. The molecule has 31 heavy (non-hydrogen) atoms. The molecule has 0 unspecified atom stereocenters. The second-order valence-corrected chi connectivity index (χ2v) is 7.61. The van der Waals surface area contributed by atoms with Crippen LogP contribution in [0.15, 0.2) is 54.9 Å². The van der Waals surface area contributed by atoms with E-state index in [-0.39, 0.29) is 11.9 Å². The van der Waals surface area contributed by atoms with Gasteiger partial charge in [0.2, 0.25) is 0 Å². The highest BCUT2D eigenvalue weighted by molar-refractivity contribution is 5.92. The van der Waals surface area contributed by atoms with Crippen LogP contribution in [-0.2, 0) is 6.54 Å². The van der Waals surface area contributed by atoms with Crippen molar-refractivity contribution in [1.29, 1.82) is 0 Å². The fourth-order valence-electron chi connectivity index (χ4n) is 4.28. The van der Waals surface area contributed by atoms with Gasteiger partial charge in [-0.2, -0.15) is 5.10 Å². The van der Waals surface area contributed by atoms with Crippen molar-refractivity contribution in [3.8, 4) is 17.1 Å². The second kappa shape index (κ2) is 7.86. The number of carbonyl (C=O) groups excluding carboxylic acids is 1. The number of nitrogens with zero attached hydrogens (tertiary/aromatic N) is 6. The van der Waals surface area contributed by atoms with Gasteiger partial charge in [0, 0.05) is 37.6 Å². The molecule has 0 bridgehead atoms. The van der Waals surface area contributed by atoms with Crippen LogP contribution in [0.5, 0.6) is 5.75 Å². The maximum Gasteiger partial charge on any atom is 0.272 e. The number of rotatable bonds is 5. The van der Waals surface area contributed by atoms with Crippen molar-refractivity contribution in [2.45, 2.75) is 25.9 Å². The molecule has 0 aliphatic carbocycles. The third kappa shape index (κ3) is 3.34. The number of aromatic nitrogens is 5. The number of imidazole rings is 1. The van der Waals surface area contributed by atoms with Gasteiger partial charge in [-0.05, 0) is 55.8 Å². The van der Waals surface area contributed by atoms with Crippen LogP contribution in [0.1, 0.15) is 29.9 Å². The first kappa shape index (κ1) is 19.3. The lowest BCUT2D eigenvalue weighted by Crippen LogP contribution is -2.31. The van der Waals surface area contributed by atoms with E-state index in [2.05, 4.69) is 14.6 Å². The highest BCUT2D eigenvalue weighted by Crippen LogP contribution is 2.33. The SMILES string of the molecule is CCn1nccc1C(=O)N1CC[C@H](n2c(-c3ccc(OC)cc3)nc3cccnc32)C1. The first-order chi connectivity index (χ1) is 15.2. The van der Waals surface area contributed by atoms with Crippen molar-refractivity contribution >= 4 is 17.1 Å². The fourth-order valence-corrected chi connectivity index (χ4v) is 4.28. The van der Waals surface area contributed by atoms with Gasteiger partial charge in [-0.15, -0.1) is 0 Å². The van der Waals surface area contributed by atoms with Gasteiger partial charge >= 0.3 is 0 Å². The van der Waals surface area contributed by atoms with E-state index in [0.717, 1.165) is 34.7 Å². The van der Waals surface area contributed by atoms with Gasteiger partial charge in [0.05, 0.1) is 13.2 Å². The predicted molar refractivity (Wildman–Crippen MR) is 117 cm³/mol. The average Bonchev–Trinajstić information content (AvgIpc) is 3.56. The van der Waals surface area contributed by atoms with Crippen molar-refractivity contribution in [3.05, 3.63) is 60.6 Å². The molecule has 1 aromatic carbocycles. The highest BCUT2D eigenvalue weighted by Gasteiger charge is 2.32. The third-order valence-corrected chi connectivity index (χ3v) is 5.85. The molecule has 1 atom stereocenters. The molecule has 0 spiro atoms. The summed E-state index contributed by atoms with van der Waals surface area (Å²) in [7, 11) is 1.66. The standard InChI is InChI=1S/C23H24N6O2/c1-3-28-20(10-13-25-28)23(30)27-14-11-17(15-27)29-21(16-6-8-18(31-2)9-7-16)26-19-5-4-12-24-22(19)29/h4-10,12-13,17H,3,11,14-15H2,1-2H3/t17-/m0/s1. The van der Waals surface area contributed by atoms with Crippen molar-refractivity contribution in [1.82, 2.24) is 29.2 Å². The number of hydrogen-bond acceptors (Lipinski definition) is 5. The van der Waals surface area contributed by atoms with E-state index in [0.29, 0.717) is 25.3 Å². The van der Waals surface area contributed by atoms with Crippen molar-refractivity contribution < 1.29 is 9.53 Å². The van der Waals surface area contributed by atoms with E-state index in [1.54, 1.807) is 30.3 Å². The monoisotopic (exact) mass is 416 g/mol. The van der Waals surface area contributed by atoms with E-state index >= 15 is 0 Å². The summed E-state index contributed by atoms with van der Waals surface area (Å²) in [5.74, 6) is 1.68. The van der Waals surface area contributed by atoms with Gasteiger partial charge in [-0.25, -0.2) is 9.97 Å². The molecular formula is C23H24N6O2. The third-order valence-electron chi connectivity index (χ3n) is 5.85. The Bertz CT molecular complexity index is 1230. The smallest absolute Gasteiger partial charge is 0.272 e. The highest BCUT2D eigenvalue weighted by atomic mass is 16.5. The summed E-state index contributed by atoms with van der Waals surface area (Å²) in [6.07, 6.45) is 4.31. The number of benzene rings is 1. The Labute approximate surface area is 180 Å². The van der Waals surface area contributed by atoms with Crippen LogP contribution >= 0.6 is 0 Å². The number of fused-ring (bicyclic) bond motifs is 1. The lowest BCUT2D eigenvalue weighted by molar-refractivity contribution is 0.0775. The molecule has 1 saturated heterocycles. The number of ether oxygens (including phenoxy) is 1. The topological polar surface area (TPSA) is 78.1 Å². The predicted octanol–water partition coefficient (Wildman–Crippen LogP) is 3.41. The van der Waals surface area contributed by atoms with Gasteiger partial charge in [0.1, 0.15) is 22.8 Å². The van der Waals surface area contributed by atoms with Crippen molar-refractivity contribution in [2.75, 3.05) is 20.2 Å².